The number of aromatic amines is 1. The van der Waals surface area contributed by atoms with Crippen LogP contribution >= 0.6 is 11.6 Å². The number of carbonyl (C=O) groups is 1. The van der Waals surface area contributed by atoms with Crippen LogP contribution in [0.2, 0.25) is 5.02 Å². The van der Waals surface area contributed by atoms with E-state index in [1.807, 2.05) is 0 Å². The molecule has 10 nitrogen and oxygen atoms in total. The zero-order chi connectivity index (χ0) is 32.3. The number of hydrogen-bond donors (Lipinski definition) is 2. The minimum Gasteiger partial charge on any atom is -0.461 e. The fourth-order valence-electron chi connectivity index (χ4n) is 8.43. The largest absolute Gasteiger partial charge is 0.461 e. The van der Waals surface area contributed by atoms with Crippen molar-refractivity contribution < 1.29 is 18.3 Å². The molecule has 1 aromatic carbocycles. The molecule has 0 spiro atoms. The van der Waals surface area contributed by atoms with Crippen LogP contribution in [0.25, 0.3) is 33.1 Å². The maximum atomic E-state index is 17.1. The molecule has 5 aliphatic rings. The summed E-state index contributed by atoms with van der Waals surface area (Å²) in [5.74, 6) is -0.0767. The van der Waals surface area contributed by atoms with E-state index < -0.39 is 23.1 Å². The Morgan fingerprint density at radius 3 is 2.85 bits per heavy atom. The van der Waals surface area contributed by atoms with E-state index >= 15 is 4.39 Å². The molecule has 0 aliphatic carbocycles. The van der Waals surface area contributed by atoms with Gasteiger partial charge in [0.2, 0.25) is 5.91 Å². The third kappa shape index (κ3) is 5.47. The number of H-pyrrole nitrogens is 1. The number of aromatic nitrogens is 5. The van der Waals surface area contributed by atoms with Crippen molar-refractivity contribution in [2.24, 2.45) is 0 Å². The summed E-state index contributed by atoms with van der Waals surface area (Å²) in [7, 11) is 0. The van der Waals surface area contributed by atoms with E-state index in [4.69, 9.17) is 26.3 Å². The minimum absolute atomic E-state index is 0.00839. The molecular weight excluding hydrogens is 626 g/mol. The topological polar surface area (TPSA) is 112 Å². The lowest BCUT2D eigenvalue weighted by atomic mass is 9.93. The van der Waals surface area contributed by atoms with Crippen molar-refractivity contribution >= 4 is 45.1 Å². The van der Waals surface area contributed by atoms with Crippen molar-refractivity contribution in [3.05, 3.63) is 34.9 Å². The number of alkyl halides is 1. The zero-order valence-electron chi connectivity index (χ0n) is 26.5. The van der Waals surface area contributed by atoms with Crippen molar-refractivity contribution in [2.75, 3.05) is 37.7 Å². The van der Waals surface area contributed by atoms with E-state index in [-0.39, 0.29) is 29.7 Å². The molecule has 0 unspecified atom stereocenters. The maximum Gasteiger partial charge on any atom is 0.319 e. The van der Waals surface area contributed by atoms with Crippen molar-refractivity contribution in [2.45, 2.75) is 88.4 Å². The molecule has 9 rings (SSSR count). The molecule has 8 heterocycles. The first-order chi connectivity index (χ1) is 22.7. The van der Waals surface area contributed by atoms with Crippen molar-refractivity contribution in [1.82, 2.24) is 35.4 Å². The Morgan fingerprint density at radius 1 is 1.09 bits per heavy atom. The van der Waals surface area contributed by atoms with Gasteiger partial charge in [-0.05, 0) is 76.5 Å². The molecular formula is C34H39ClF2N8O2. The molecule has 4 aromatic rings. The molecule has 0 radical (unpaired) electrons. The molecule has 3 aromatic heterocycles. The van der Waals surface area contributed by atoms with Gasteiger partial charge in [0.15, 0.2) is 5.82 Å². The van der Waals surface area contributed by atoms with Gasteiger partial charge in [0, 0.05) is 54.6 Å². The Balaban J connectivity index is 1.31. The molecule has 5 aliphatic heterocycles. The average molecular weight is 665 g/mol. The average Bonchev–Trinajstić information content (AvgIpc) is 3.69. The summed E-state index contributed by atoms with van der Waals surface area (Å²) >= 11 is 6.83. The van der Waals surface area contributed by atoms with Gasteiger partial charge in [0.05, 0.1) is 28.2 Å². The van der Waals surface area contributed by atoms with Crippen molar-refractivity contribution in [3.8, 4) is 17.3 Å². The quantitative estimate of drug-likeness (QED) is 0.278. The zero-order valence-corrected chi connectivity index (χ0v) is 27.3. The van der Waals surface area contributed by atoms with Crippen LogP contribution in [0.4, 0.5) is 14.6 Å². The molecule has 248 valence electrons. The van der Waals surface area contributed by atoms with E-state index in [1.165, 1.54) is 0 Å². The highest BCUT2D eigenvalue weighted by Gasteiger charge is 2.49. The Hall–Kier alpha value is -3.64. The number of amides is 1. The molecule has 13 heteroatoms. The van der Waals surface area contributed by atoms with E-state index in [2.05, 4.69) is 37.2 Å². The second-order valence-electron chi connectivity index (χ2n) is 14.1. The second kappa shape index (κ2) is 11.8. The minimum atomic E-state index is -0.901. The summed E-state index contributed by atoms with van der Waals surface area (Å²) < 4.78 is 38.0. The van der Waals surface area contributed by atoms with Crippen LogP contribution in [0.15, 0.2) is 18.5 Å². The van der Waals surface area contributed by atoms with Crippen LogP contribution in [0.1, 0.15) is 70.3 Å². The van der Waals surface area contributed by atoms with Crippen molar-refractivity contribution in [3.63, 3.8) is 0 Å². The number of nitrogens with one attached hydrogen (secondary N) is 2. The number of hydrogen-bond acceptors (Lipinski definition) is 8. The molecule has 47 heavy (non-hydrogen) atoms. The number of carbonyl (C=O) groups excluding carboxylic acids is 1. The van der Waals surface area contributed by atoms with Crippen LogP contribution in [-0.2, 0) is 11.2 Å². The molecule has 2 N–H and O–H groups in total. The van der Waals surface area contributed by atoms with Crippen LogP contribution in [0, 0.1) is 5.82 Å². The Morgan fingerprint density at radius 2 is 1.96 bits per heavy atom. The predicted molar refractivity (Wildman–Crippen MR) is 176 cm³/mol. The summed E-state index contributed by atoms with van der Waals surface area (Å²) in [5.41, 5.74) is 1.26. The number of benzene rings is 1. The smallest absolute Gasteiger partial charge is 0.319 e. The van der Waals surface area contributed by atoms with Crippen molar-refractivity contribution in [1.29, 1.82) is 0 Å². The third-order valence-electron chi connectivity index (χ3n) is 10.7. The lowest BCUT2D eigenvalue weighted by molar-refractivity contribution is -0.122. The predicted octanol–water partition coefficient (Wildman–Crippen LogP) is 5.91. The summed E-state index contributed by atoms with van der Waals surface area (Å²) in [6, 6.07) is 1.84. The van der Waals surface area contributed by atoms with Gasteiger partial charge in [0.1, 0.15) is 29.8 Å². The van der Waals surface area contributed by atoms with Gasteiger partial charge in [-0.3, -0.25) is 19.8 Å². The van der Waals surface area contributed by atoms with Gasteiger partial charge >= 0.3 is 6.01 Å². The van der Waals surface area contributed by atoms with Gasteiger partial charge in [-0.15, -0.1) is 0 Å². The number of nitrogens with zero attached hydrogens (tertiary/aromatic N) is 6. The van der Waals surface area contributed by atoms with E-state index in [0.717, 1.165) is 44.2 Å². The molecule has 1 amide bonds. The standard InChI is InChI=1S/C34H39ClF2N8O2/c1-33-9-4-5-11-44(18-33)31-23-15-38-30(27-21(7-2-3-8-26(46)42-33)24(35)13-25-22(27)16-39-43-25)28(37)29(23)40-32(41-31)47-19-34-10-6-12-45(34)17-20(36)14-34/h13,15-16,20H,2-12,14,17-19H2,1H3,(H,39,43)(H,42,46)/t20-,33-,34+/m1/s1. The Labute approximate surface area is 276 Å². The molecule has 6 bridgehead atoms. The van der Waals surface area contributed by atoms with Crippen LogP contribution in [0.5, 0.6) is 6.01 Å². The van der Waals surface area contributed by atoms with E-state index in [9.17, 15) is 9.18 Å². The fraction of sp³-hybridized carbons (Fsp3) is 0.559. The van der Waals surface area contributed by atoms with Gasteiger partial charge in [-0.25, -0.2) is 8.78 Å². The summed E-state index contributed by atoms with van der Waals surface area (Å²) in [6.07, 6.45) is 9.47. The highest BCUT2D eigenvalue weighted by molar-refractivity contribution is 6.33. The second-order valence-corrected chi connectivity index (χ2v) is 14.5. The lowest BCUT2D eigenvalue weighted by Gasteiger charge is -2.35. The summed E-state index contributed by atoms with van der Waals surface area (Å²) in [5, 5.41) is 12.1. The molecule has 3 atom stereocenters. The van der Waals surface area contributed by atoms with Crippen LogP contribution in [-0.4, -0.2) is 86.0 Å². The highest BCUT2D eigenvalue weighted by atomic mass is 35.5. The van der Waals surface area contributed by atoms with Gasteiger partial charge in [-0.1, -0.05) is 11.6 Å². The maximum absolute atomic E-state index is 17.1. The first-order valence-corrected chi connectivity index (χ1v) is 17.2. The number of rotatable bonds is 3. The fourth-order valence-corrected chi connectivity index (χ4v) is 8.73. The van der Waals surface area contributed by atoms with E-state index in [0.29, 0.717) is 84.4 Å². The lowest BCUT2D eigenvalue weighted by Crippen LogP contribution is -2.53. The first kappa shape index (κ1) is 30.7. The third-order valence-corrected chi connectivity index (χ3v) is 11.0. The number of fused-ring (bicyclic) bond motifs is 8. The first-order valence-electron chi connectivity index (χ1n) is 16.8. The monoisotopic (exact) mass is 664 g/mol. The molecule has 0 saturated carbocycles. The molecule has 3 fully saturated rings. The highest BCUT2D eigenvalue weighted by Crippen LogP contribution is 2.42. The van der Waals surface area contributed by atoms with Gasteiger partial charge in [-0.2, -0.15) is 15.1 Å². The number of ether oxygens (including phenoxy) is 1. The SMILES string of the molecule is C[C@@]12CCCCN(C1)c1nc(OC[C@@]34CCCN3C[C@H](F)C4)nc3c(F)c(ncc13)-c1c(c(Cl)cc3[nH]ncc13)CCCCC(=O)N2. The van der Waals surface area contributed by atoms with Gasteiger partial charge in [0.25, 0.3) is 0 Å². The van der Waals surface area contributed by atoms with Crippen LogP contribution in [0.3, 0.4) is 0 Å². The summed E-state index contributed by atoms with van der Waals surface area (Å²) in [6.45, 7) is 4.68. The van der Waals surface area contributed by atoms with E-state index in [1.54, 1.807) is 18.5 Å². The molecule has 3 saturated heterocycles. The number of anilines is 1. The number of pyridine rings is 1. The Kier molecular flexibility index (Phi) is 7.70. The Bertz CT molecular complexity index is 1870. The summed E-state index contributed by atoms with van der Waals surface area (Å²) in [4.78, 5) is 31.8. The number of halogens is 3. The van der Waals surface area contributed by atoms with Gasteiger partial charge < -0.3 is 15.0 Å². The normalized spacial score (nSPS) is 26.9. The van der Waals surface area contributed by atoms with Crippen LogP contribution < -0.4 is 15.0 Å².